The third-order valence-corrected chi connectivity index (χ3v) is 4.69. The highest BCUT2D eigenvalue weighted by molar-refractivity contribution is 5.99. The van der Waals surface area contributed by atoms with Crippen LogP contribution in [0.2, 0.25) is 0 Å². The SMILES string of the molecule is COc1ccc(C(=O)NC(C(=O)NNC(=O)c2cc(-c3ccccc3)on2)C(C)C)cc1. The van der Waals surface area contributed by atoms with Gasteiger partial charge in [0.25, 0.3) is 17.7 Å². The Morgan fingerprint density at radius 1 is 0.938 bits per heavy atom. The van der Waals surface area contributed by atoms with Crippen molar-refractivity contribution in [2.45, 2.75) is 19.9 Å². The second kappa shape index (κ2) is 10.3. The number of aromatic nitrogens is 1. The number of nitrogens with one attached hydrogen (secondary N) is 3. The van der Waals surface area contributed by atoms with Crippen LogP contribution in [0.4, 0.5) is 0 Å². The molecule has 0 saturated carbocycles. The maximum Gasteiger partial charge on any atom is 0.291 e. The summed E-state index contributed by atoms with van der Waals surface area (Å²) < 4.78 is 10.3. The fraction of sp³-hybridized carbons (Fsp3) is 0.217. The highest BCUT2D eigenvalue weighted by Crippen LogP contribution is 2.19. The molecule has 1 heterocycles. The zero-order chi connectivity index (χ0) is 23.1. The van der Waals surface area contributed by atoms with Crippen LogP contribution in [0.3, 0.4) is 0 Å². The van der Waals surface area contributed by atoms with Crippen molar-refractivity contribution in [3.63, 3.8) is 0 Å². The fourth-order valence-corrected chi connectivity index (χ4v) is 2.88. The molecule has 0 aliphatic carbocycles. The molecule has 9 nitrogen and oxygen atoms in total. The van der Waals surface area contributed by atoms with Crippen LogP contribution in [0, 0.1) is 5.92 Å². The first kappa shape index (κ1) is 22.5. The van der Waals surface area contributed by atoms with E-state index in [0.717, 1.165) is 5.56 Å². The summed E-state index contributed by atoms with van der Waals surface area (Å²) in [7, 11) is 1.53. The zero-order valence-corrected chi connectivity index (χ0v) is 17.9. The van der Waals surface area contributed by atoms with E-state index >= 15 is 0 Å². The first-order valence-electron chi connectivity index (χ1n) is 9.96. The van der Waals surface area contributed by atoms with E-state index in [-0.39, 0.29) is 11.6 Å². The Bertz CT molecular complexity index is 1080. The number of methoxy groups -OCH3 is 1. The summed E-state index contributed by atoms with van der Waals surface area (Å²) in [5.74, 6) is -0.822. The van der Waals surface area contributed by atoms with Gasteiger partial charge in [-0.15, -0.1) is 0 Å². The van der Waals surface area contributed by atoms with Gasteiger partial charge in [-0.05, 0) is 30.2 Å². The van der Waals surface area contributed by atoms with E-state index in [1.165, 1.54) is 13.2 Å². The van der Waals surface area contributed by atoms with Crippen LogP contribution in [-0.2, 0) is 4.79 Å². The van der Waals surface area contributed by atoms with E-state index in [1.54, 1.807) is 38.1 Å². The first-order chi connectivity index (χ1) is 15.4. The molecule has 3 N–H and O–H groups in total. The molecule has 0 bridgehead atoms. The molecule has 1 aromatic heterocycles. The molecule has 1 unspecified atom stereocenters. The van der Waals surface area contributed by atoms with Gasteiger partial charge in [-0.3, -0.25) is 25.2 Å². The topological polar surface area (TPSA) is 123 Å². The molecule has 0 fully saturated rings. The van der Waals surface area contributed by atoms with Gasteiger partial charge in [0.1, 0.15) is 11.8 Å². The monoisotopic (exact) mass is 436 g/mol. The molecule has 32 heavy (non-hydrogen) atoms. The van der Waals surface area contributed by atoms with Crippen molar-refractivity contribution >= 4 is 17.7 Å². The lowest BCUT2D eigenvalue weighted by Gasteiger charge is -2.21. The highest BCUT2D eigenvalue weighted by Gasteiger charge is 2.25. The highest BCUT2D eigenvalue weighted by atomic mass is 16.5. The third kappa shape index (κ3) is 5.51. The number of carbonyl (C=O) groups is 3. The molecule has 0 saturated heterocycles. The van der Waals surface area contributed by atoms with E-state index in [0.29, 0.717) is 17.1 Å². The number of hydrazine groups is 1. The van der Waals surface area contributed by atoms with Crippen molar-refractivity contribution < 1.29 is 23.6 Å². The van der Waals surface area contributed by atoms with Crippen molar-refractivity contribution in [1.82, 2.24) is 21.3 Å². The Morgan fingerprint density at radius 2 is 1.62 bits per heavy atom. The van der Waals surface area contributed by atoms with E-state index in [9.17, 15) is 14.4 Å². The Kier molecular flexibility index (Phi) is 7.22. The predicted octanol–water partition coefficient (Wildman–Crippen LogP) is 2.57. The molecule has 9 heteroatoms. The lowest BCUT2D eigenvalue weighted by atomic mass is 10.0. The van der Waals surface area contributed by atoms with E-state index in [1.807, 2.05) is 30.3 Å². The van der Waals surface area contributed by atoms with Crippen LogP contribution >= 0.6 is 0 Å². The molecule has 1 atom stereocenters. The molecule has 0 spiro atoms. The molecular formula is C23H24N4O5. The average molecular weight is 436 g/mol. The second-order valence-electron chi connectivity index (χ2n) is 7.31. The summed E-state index contributed by atoms with van der Waals surface area (Å²) in [6, 6.07) is 16.3. The molecule has 3 amide bonds. The maximum absolute atomic E-state index is 12.6. The number of hydrogen-bond acceptors (Lipinski definition) is 6. The summed E-state index contributed by atoms with van der Waals surface area (Å²) in [5.41, 5.74) is 5.78. The van der Waals surface area contributed by atoms with Crippen LogP contribution in [0.1, 0.15) is 34.7 Å². The van der Waals surface area contributed by atoms with Gasteiger partial charge >= 0.3 is 0 Å². The Hall–Kier alpha value is -4.14. The second-order valence-corrected chi connectivity index (χ2v) is 7.31. The third-order valence-electron chi connectivity index (χ3n) is 4.69. The van der Waals surface area contributed by atoms with Gasteiger partial charge in [0, 0.05) is 17.2 Å². The van der Waals surface area contributed by atoms with Gasteiger partial charge < -0.3 is 14.6 Å². The van der Waals surface area contributed by atoms with E-state index in [4.69, 9.17) is 9.26 Å². The molecule has 0 radical (unpaired) electrons. The lowest BCUT2D eigenvalue weighted by Crippen LogP contribution is -2.54. The number of benzene rings is 2. The van der Waals surface area contributed by atoms with Crippen LogP contribution in [0.5, 0.6) is 5.75 Å². The summed E-state index contributed by atoms with van der Waals surface area (Å²) in [6.07, 6.45) is 0. The molecule has 166 valence electrons. The smallest absolute Gasteiger partial charge is 0.291 e. The average Bonchev–Trinajstić information content (AvgIpc) is 3.31. The van der Waals surface area contributed by atoms with E-state index in [2.05, 4.69) is 21.3 Å². The molecule has 0 aliphatic heterocycles. The Labute approximate surface area is 185 Å². The molecule has 0 aliphatic rings. The molecule has 2 aromatic carbocycles. The minimum Gasteiger partial charge on any atom is -0.497 e. The number of nitrogens with zero attached hydrogens (tertiary/aromatic N) is 1. The van der Waals surface area contributed by atoms with Gasteiger partial charge in [-0.2, -0.15) is 0 Å². The Morgan fingerprint density at radius 3 is 2.25 bits per heavy atom. The summed E-state index contributed by atoms with van der Waals surface area (Å²) in [4.78, 5) is 37.5. The summed E-state index contributed by atoms with van der Waals surface area (Å²) in [5, 5.41) is 6.42. The number of ether oxygens (including phenoxy) is 1. The molecule has 3 rings (SSSR count). The van der Waals surface area contributed by atoms with Crippen molar-refractivity contribution in [3.8, 4) is 17.1 Å². The minimum atomic E-state index is -0.873. The van der Waals surface area contributed by atoms with Gasteiger partial charge in [-0.1, -0.05) is 49.3 Å². The van der Waals surface area contributed by atoms with Gasteiger partial charge in [0.2, 0.25) is 0 Å². The van der Waals surface area contributed by atoms with Crippen LogP contribution in [-0.4, -0.2) is 36.0 Å². The fourth-order valence-electron chi connectivity index (χ4n) is 2.88. The summed E-state index contributed by atoms with van der Waals surface area (Å²) >= 11 is 0. The normalized spacial score (nSPS) is 11.5. The number of hydrogen-bond donors (Lipinski definition) is 3. The predicted molar refractivity (Wildman–Crippen MR) is 117 cm³/mol. The van der Waals surface area contributed by atoms with Crippen LogP contribution in [0.15, 0.2) is 65.2 Å². The van der Waals surface area contributed by atoms with Crippen LogP contribution < -0.4 is 20.9 Å². The number of rotatable bonds is 7. The lowest BCUT2D eigenvalue weighted by molar-refractivity contribution is -0.124. The molecular weight excluding hydrogens is 412 g/mol. The molecule has 3 aromatic rings. The van der Waals surface area contributed by atoms with Crippen LogP contribution in [0.25, 0.3) is 11.3 Å². The Balaban J connectivity index is 1.59. The zero-order valence-electron chi connectivity index (χ0n) is 17.9. The van der Waals surface area contributed by atoms with Crippen molar-refractivity contribution in [2.24, 2.45) is 5.92 Å². The first-order valence-corrected chi connectivity index (χ1v) is 9.96. The number of amides is 3. The van der Waals surface area contributed by atoms with E-state index < -0.39 is 23.8 Å². The number of carbonyl (C=O) groups excluding carboxylic acids is 3. The van der Waals surface area contributed by atoms with Gasteiger partial charge in [0.05, 0.1) is 7.11 Å². The maximum atomic E-state index is 12.6. The van der Waals surface area contributed by atoms with Crippen molar-refractivity contribution in [2.75, 3.05) is 7.11 Å². The van der Waals surface area contributed by atoms with Gasteiger partial charge in [0.15, 0.2) is 11.5 Å². The van der Waals surface area contributed by atoms with Crippen molar-refractivity contribution in [3.05, 3.63) is 71.9 Å². The quantitative estimate of drug-likeness (QED) is 0.489. The van der Waals surface area contributed by atoms with Gasteiger partial charge in [-0.25, -0.2) is 0 Å². The van der Waals surface area contributed by atoms with Crippen molar-refractivity contribution in [1.29, 1.82) is 0 Å². The summed E-state index contributed by atoms with van der Waals surface area (Å²) in [6.45, 7) is 3.56. The largest absolute Gasteiger partial charge is 0.497 e. The standard InChI is InChI=1S/C23H24N4O5/c1-14(2)20(24-21(28)16-9-11-17(31-3)12-10-16)23(30)26-25-22(29)18-13-19(32-27-18)15-7-5-4-6-8-15/h4-14,20H,1-3H3,(H,24,28)(H,25,29)(H,26,30). The minimum absolute atomic E-state index is 0.00696.